The molecule has 7 heteroatoms. The number of amides is 1. The predicted octanol–water partition coefficient (Wildman–Crippen LogP) is 0.477. The fourth-order valence-corrected chi connectivity index (χ4v) is 4.75. The monoisotopic (exact) mass is 310 g/mol. The average molecular weight is 311 g/mol. The quantitative estimate of drug-likeness (QED) is 0.793. The molecule has 1 saturated carbocycles. The van der Waals surface area contributed by atoms with E-state index in [1.807, 2.05) is 0 Å². The first-order valence-electron chi connectivity index (χ1n) is 6.72. The number of hydrogen-bond donors (Lipinski definition) is 2. The Morgan fingerprint density at radius 3 is 2.58 bits per heavy atom. The summed E-state index contributed by atoms with van der Waals surface area (Å²) in [4.78, 5) is 12.1. The molecule has 2 aliphatic rings. The van der Waals surface area contributed by atoms with Crippen LogP contribution in [0.4, 0.5) is 0 Å². The fourth-order valence-electron chi connectivity index (χ4n) is 3.11. The minimum atomic E-state index is -2.96. The number of nitrogens with two attached hydrogens (primary N) is 1. The minimum absolute atomic E-state index is 0. The number of rotatable bonds is 3. The van der Waals surface area contributed by atoms with Gasteiger partial charge in [-0.05, 0) is 38.1 Å². The topological polar surface area (TPSA) is 89.3 Å². The zero-order valence-electron chi connectivity index (χ0n) is 11.0. The van der Waals surface area contributed by atoms with Crippen molar-refractivity contribution in [3.05, 3.63) is 0 Å². The van der Waals surface area contributed by atoms with Gasteiger partial charge in [-0.25, -0.2) is 8.42 Å². The molecule has 0 radical (unpaired) electrons. The van der Waals surface area contributed by atoms with Crippen molar-refractivity contribution in [2.75, 3.05) is 18.1 Å². The van der Waals surface area contributed by atoms with E-state index >= 15 is 0 Å². The normalized spacial score (nSPS) is 33.4. The summed E-state index contributed by atoms with van der Waals surface area (Å²) in [6, 6.07) is -0.199. The predicted molar refractivity (Wildman–Crippen MR) is 77.0 cm³/mol. The van der Waals surface area contributed by atoms with E-state index in [0.717, 1.165) is 25.7 Å². The molecule has 1 unspecified atom stereocenters. The van der Waals surface area contributed by atoms with Crippen LogP contribution in [0, 0.1) is 11.8 Å². The largest absolute Gasteiger partial charge is 0.352 e. The lowest BCUT2D eigenvalue weighted by Crippen LogP contribution is -2.46. The maximum atomic E-state index is 12.1. The number of sulfone groups is 1. The smallest absolute Gasteiger partial charge is 0.223 e. The van der Waals surface area contributed by atoms with Gasteiger partial charge in [0.2, 0.25) is 5.91 Å². The van der Waals surface area contributed by atoms with E-state index in [1.165, 1.54) is 0 Å². The molecule has 1 heterocycles. The summed E-state index contributed by atoms with van der Waals surface area (Å²) in [6.45, 7) is 0.543. The van der Waals surface area contributed by atoms with Gasteiger partial charge in [0, 0.05) is 12.0 Å². The lowest BCUT2D eigenvalue weighted by atomic mass is 9.95. The van der Waals surface area contributed by atoms with E-state index < -0.39 is 9.84 Å². The van der Waals surface area contributed by atoms with Crippen molar-refractivity contribution in [1.82, 2.24) is 5.32 Å². The van der Waals surface area contributed by atoms with Crippen LogP contribution < -0.4 is 11.1 Å². The van der Waals surface area contributed by atoms with E-state index in [-0.39, 0.29) is 47.7 Å². The summed E-state index contributed by atoms with van der Waals surface area (Å²) in [6.07, 6.45) is 4.36. The highest BCUT2D eigenvalue weighted by atomic mass is 35.5. The van der Waals surface area contributed by atoms with Crippen molar-refractivity contribution in [1.29, 1.82) is 0 Å². The number of nitrogens with one attached hydrogen (secondary N) is 1. The summed E-state index contributed by atoms with van der Waals surface area (Å²) < 4.78 is 23.0. The molecule has 3 N–H and O–H groups in total. The molecular weight excluding hydrogens is 288 g/mol. The number of carbonyl (C=O) groups is 1. The van der Waals surface area contributed by atoms with Crippen molar-refractivity contribution in [3.63, 3.8) is 0 Å². The van der Waals surface area contributed by atoms with Crippen molar-refractivity contribution in [2.45, 2.75) is 38.1 Å². The Bertz CT molecular complexity index is 413. The summed E-state index contributed by atoms with van der Waals surface area (Å²) >= 11 is 0. The molecule has 0 spiro atoms. The molecule has 0 aromatic heterocycles. The number of halogens is 1. The van der Waals surface area contributed by atoms with Gasteiger partial charge >= 0.3 is 0 Å². The third-order valence-electron chi connectivity index (χ3n) is 4.11. The van der Waals surface area contributed by atoms with Crippen molar-refractivity contribution in [2.24, 2.45) is 17.6 Å². The fraction of sp³-hybridized carbons (Fsp3) is 0.917. The number of hydrogen-bond acceptors (Lipinski definition) is 4. The van der Waals surface area contributed by atoms with Crippen molar-refractivity contribution < 1.29 is 13.2 Å². The van der Waals surface area contributed by atoms with Gasteiger partial charge in [0.25, 0.3) is 0 Å². The second-order valence-corrected chi connectivity index (χ2v) is 7.72. The first kappa shape index (κ1) is 16.7. The van der Waals surface area contributed by atoms with Crippen LogP contribution in [-0.2, 0) is 14.6 Å². The van der Waals surface area contributed by atoms with Gasteiger partial charge in [0.1, 0.15) is 0 Å². The van der Waals surface area contributed by atoms with Crippen LogP contribution in [0.15, 0.2) is 0 Å². The Morgan fingerprint density at radius 1 is 1.21 bits per heavy atom. The van der Waals surface area contributed by atoms with E-state index in [9.17, 15) is 13.2 Å². The Labute approximate surface area is 121 Å². The van der Waals surface area contributed by atoms with E-state index in [2.05, 4.69) is 5.32 Å². The SMILES string of the molecule is Cl.NC[C@H]1CCC[C@H]1C(=O)NC1CCCS(=O)(=O)C1. The molecule has 1 amide bonds. The maximum Gasteiger partial charge on any atom is 0.223 e. The van der Waals surface area contributed by atoms with Crippen LogP contribution >= 0.6 is 12.4 Å². The van der Waals surface area contributed by atoms with E-state index in [1.54, 1.807) is 0 Å². The molecule has 2 fully saturated rings. The second kappa shape index (κ2) is 6.90. The van der Waals surface area contributed by atoms with Crippen LogP contribution in [0.25, 0.3) is 0 Å². The van der Waals surface area contributed by atoms with Gasteiger partial charge in [0.15, 0.2) is 9.84 Å². The molecular formula is C12H23ClN2O3S. The molecule has 0 aromatic rings. The van der Waals surface area contributed by atoms with Crippen LogP contribution in [0.1, 0.15) is 32.1 Å². The first-order chi connectivity index (χ1) is 8.52. The lowest BCUT2D eigenvalue weighted by molar-refractivity contribution is -0.126. The molecule has 0 aromatic carbocycles. The van der Waals surface area contributed by atoms with Gasteiger partial charge in [-0.3, -0.25) is 4.79 Å². The Kier molecular flexibility index (Phi) is 6.08. The van der Waals surface area contributed by atoms with Gasteiger partial charge in [-0.15, -0.1) is 12.4 Å². The molecule has 3 atom stereocenters. The minimum Gasteiger partial charge on any atom is -0.352 e. The molecule has 5 nitrogen and oxygen atoms in total. The van der Waals surface area contributed by atoms with Crippen LogP contribution in [0.2, 0.25) is 0 Å². The molecule has 112 valence electrons. The van der Waals surface area contributed by atoms with Crippen LogP contribution in [-0.4, -0.2) is 38.4 Å². The molecule has 1 aliphatic carbocycles. The molecule has 1 saturated heterocycles. The van der Waals surface area contributed by atoms with E-state index in [4.69, 9.17) is 5.73 Å². The molecule has 0 bridgehead atoms. The van der Waals surface area contributed by atoms with Crippen LogP contribution in [0.5, 0.6) is 0 Å². The zero-order chi connectivity index (χ0) is 13.2. The van der Waals surface area contributed by atoms with Crippen LogP contribution in [0.3, 0.4) is 0 Å². The Morgan fingerprint density at radius 2 is 1.95 bits per heavy atom. The molecule has 19 heavy (non-hydrogen) atoms. The Hall–Kier alpha value is -0.330. The first-order valence-corrected chi connectivity index (χ1v) is 8.55. The average Bonchev–Trinajstić information content (AvgIpc) is 2.75. The van der Waals surface area contributed by atoms with Crippen molar-refractivity contribution >= 4 is 28.2 Å². The number of carbonyl (C=O) groups excluding carboxylic acids is 1. The second-order valence-electron chi connectivity index (χ2n) is 5.50. The van der Waals surface area contributed by atoms with Gasteiger partial charge in [-0.2, -0.15) is 0 Å². The zero-order valence-corrected chi connectivity index (χ0v) is 12.6. The third-order valence-corrected chi connectivity index (χ3v) is 5.93. The summed E-state index contributed by atoms with van der Waals surface area (Å²) in [7, 11) is -2.96. The summed E-state index contributed by atoms with van der Waals surface area (Å²) in [5.74, 6) is 0.613. The highest BCUT2D eigenvalue weighted by Crippen LogP contribution is 2.31. The molecule has 1 aliphatic heterocycles. The van der Waals surface area contributed by atoms with Gasteiger partial charge in [-0.1, -0.05) is 6.42 Å². The highest BCUT2D eigenvalue weighted by Gasteiger charge is 2.34. The Balaban J connectivity index is 0.00000180. The summed E-state index contributed by atoms with van der Waals surface area (Å²) in [5, 5.41) is 2.91. The third kappa shape index (κ3) is 4.33. The van der Waals surface area contributed by atoms with E-state index in [0.29, 0.717) is 13.0 Å². The van der Waals surface area contributed by atoms with Gasteiger partial charge in [0.05, 0.1) is 11.5 Å². The highest BCUT2D eigenvalue weighted by molar-refractivity contribution is 7.91. The summed E-state index contributed by atoms with van der Waals surface area (Å²) in [5.41, 5.74) is 5.66. The lowest BCUT2D eigenvalue weighted by Gasteiger charge is -2.26. The standard InChI is InChI=1S/C12H22N2O3S.ClH/c13-7-9-3-1-5-11(9)12(15)14-10-4-2-6-18(16,17)8-10;/h9-11H,1-8,13H2,(H,14,15);1H/t9-,10?,11-;/m1./s1. The molecule has 2 rings (SSSR count). The van der Waals surface area contributed by atoms with Crippen molar-refractivity contribution in [3.8, 4) is 0 Å². The maximum absolute atomic E-state index is 12.1. The van der Waals surface area contributed by atoms with Gasteiger partial charge < -0.3 is 11.1 Å².